The molecule has 35 heavy (non-hydrogen) atoms. The predicted molar refractivity (Wildman–Crippen MR) is 154 cm³/mol. The number of hydrogen-bond acceptors (Lipinski definition) is 2. The maximum Gasteiger partial charge on any atom is 0.261 e. The Morgan fingerprint density at radius 1 is 0.829 bits per heavy atom. The molecule has 0 radical (unpaired) electrons. The van der Waals surface area contributed by atoms with E-state index in [4.69, 9.17) is 4.43 Å². The van der Waals surface area contributed by atoms with Gasteiger partial charge in [-0.05, 0) is 40.6 Å². The molecule has 0 aromatic heterocycles. The highest BCUT2D eigenvalue weighted by Crippen LogP contribution is 2.38. The Labute approximate surface area is 215 Å². The van der Waals surface area contributed by atoms with Gasteiger partial charge in [0.2, 0.25) is 0 Å². The fourth-order valence-electron chi connectivity index (χ4n) is 4.53. The number of hydrogen-bond donors (Lipinski definition) is 0. The van der Waals surface area contributed by atoms with Gasteiger partial charge in [0.1, 0.15) is 5.78 Å². The highest BCUT2D eigenvalue weighted by molar-refractivity contribution is 6.99. The van der Waals surface area contributed by atoms with Gasteiger partial charge >= 0.3 is 0 Å². The molecule has 0 bridgehead atoms. The van der Waals surface area contributed by atoms with Crippen molar-refractivity contribution in [2.24, 2.45) is 11.3 Å². The molecule has 3 heteroatoms. The van der Waals surface area contributed by atoms with Crippen molar-refractivity contribution in [3.63, 3.8) is 0 Å². The van der Waals surface area contributed by atoms with E-state index in [1.165, 1.54) is 10.4 Å². The summed E-state index contributed by atoms with van der Waals surface area (Å²) in [5.74, 6) is 0.339. The van der Waals surface area contributed by atoms with E-state index in [0.29, 0.717) is 12.2 Å². The first-order chi connectivity index (χ1) is 16.4. The summed E-state index contributed by atoms with van der Waals surface area (Å²) >= 11 is 0. The predicted octanol–water partition coefficient (Wildman–Crippen LogP) is 7.49. The first-order valence-electron chi connectivity index (χ1n) is 13.0. The van der Waals surface area contributed by atoms with Crippen LogP contribution in [0.1, 0.15) is 74.7 Å². The molecule has 190 valence electrons. The van der Waals surface area contributed by atoms with Gasteiger partial charge in [0.15, 0.2) is 0 Å². The number of ketones is 1. The molecule has 0 amide bonds. The molecule has 2 nitrogen and oxygen atoms in total. The van der Waals surface area contributed by atoms with Crippen LogP contribution in [0.5, 0.6) is 0 Å². The Bertz CT molecular complexity index is 923. The molecule has 0 saturated carbocycles. The molecular formula is C32H46O2Si. The zero-order valence-electron chi connectivity index (χ0n) is 23.2. The molecule has 0 unspecified atom stereocenters. The molecule has 0 aliphatic heterocycles. The molecule has 0 heterocycles. The smallest absolute Gasteiger partial charge is 0.261 e. The van der Waals surface area contributed by atoms with Gasteiger partial charge in [0, 0.05) is 12.3 Å². The molecular weight excluding hydrogens is 444 g/mol. The largest absolute Gasteiger partial charge is 0.404 e. The van der Waals surface area contributed by atoms with Gasteiger partial charge < -0.3 is 4.43 Å². The van der Waals surface area contributed by atoms with Crippen LogP contribution in [0.3, 0.4) is 0 Å². The Hall–Kier alpha value is -2.23. The lowest BCUT2D eigenvalue weighted by atomic mass is 9.79. The summed E-state index contributed by atoms with van der Waals surface area (Å²) in [6, 6.07) is 21.6. The van der Waals surface area contributed by atoms with Crippen LogP contribution >= 0.6 is 0 Å². The van der Waals surface area contributed by atoms with E-state index in [2.05, 4.69) is 127 Å². The van der Waals surface area contributed by atoms with Gasteiger partial charge in [-0.1, -0.05) is 133 Å². The van der Waals surface area contributed by atoms with Gasteiger partial charge in [-0.15, -0.1) is 0 Å². The van der Waals surface area contributed by atoms with E-state index in [0.717, 1.165) is 12.8 Å². The number of benzene rings is 2. The third kappa shape index (κ3) is 7.62. The lowest BCUT2D eigenvalue weighted by molar-refractivity contribution is -0.124. The Morgan fingerprint density at radius 2 is 1.31 bits per heavy atom. The van der Waals surface area contributed by atoms with Crippen LogP contribution in [0.2, 0.25) is 5.04 Å². The third-order valence-electron chi connectivity index (χ3n) is 7.06. The van der Waals surface area contributed by atoms with Crippen LogP contribution < -0.4 is 10.4 Å². The molecule has 0 aliphatic rings. The maximum atomic E-state index is 12.6. The number of Topliss-reactive ketones (excluding diaryl/α,β-unsaturated/α-hetero) is 1. The fraction of sp³-hybridized carbons (Fsp3) is 0.469. The van der Waals surface area contributed by atoms with Crippen molar-refractivity contribution in [2.45, 2.75) is 85.8 Å². The quantitative estimate of drug-likeness (QED) is 0.241. The van der Waals surface area contributed by atoms with Gasteiger partial charge in [0.25, 0.3) is 8.32 Å². The van der Waals surface area contributed by atoms with Crippen molar-refractivity contribution in [1.29, 1.82) is 0 Å². The van der Waals surface area contributed by atoms with Crippen molar-refractivity contribution in [3.8, 4) is 0 Å². The average Bonchev–Trinajstić information content (AvgIpc) is 2.82. The summed E-state index contributed by atoms with van der Waals surface area (Å²) in [5, 5.41) is 2.52. The summed E-state index contributed by atoms with van der Waals surface area (Å²) in [7, 11) is -2.62. The highest BCUT2D eigenvalue weighted by atomic mass is 28.4. The Kier molecular flexibility index (Phi) is 10.5. The molecule has 0 fully saturated rings. The van der Waals surface area contributed by atoms with Crippen molar-refractivity contribution < 1.29 is 9.22 Å². The minimum absolute atomic E-state index is 0.00817. The Balaban J connectivity index is 2.39. The number of carbonyl (C=O) groups is 1. The van der Waals surface area contributed by atoms with Gasteiger partial charge in [-0.25, -0.2) is 0 Å². The summed E-state index contributed by atoms with van der Waals surface area (Å²) in [6.07, 6.45) is 10.6. The van der Waals surface area contributed by atoms with E-state index in [9.17, 15) is 4.79 Å². The molecule has 2 aromatic carbocycles. The first-order valence-corrected chi connectivity index (χ1v) is 14.9. The minimum atomic E-state index is -2.62. The number of allylic oxidation sites excluding steroid dienone is 2. The average molecular weight is 491 g/mol. The van der Waals surface area contributed by atoms with E-state index < -0.39 is 8.32 Å². The third-order valence-corrected chi connectivity index (χ3v) is 12.2. The molecule has 2 rings (SSSR count). The highest BCUT2D eigenvalue weighted by Gasteiger charge is 2.51. The second-order valence-electron chi connectivity index (χ2n) is 11.7. The summed E-state index contributed by atoms with van der Waals surface area (Å²) < 4.78 is 7.34. The van der Waals surface area contributed by atoms with Gasteiger partial charge in [0.05, 0.1) is 6.10 Å². The standard InChI is InChI=1S/C32H46O2Si/c1-9-10-19-27(20-17-18-25-30(33)26(2)31(3,4)5)34-35(32(6,7)8,28-21-13-11-14-22-28)29-23-15-12-16-24-29/h9-18,21-24,26-27H,19-20,25H2,1-8H3/b10-9-,18-17-/t26-,27+/m1/s1. The van der Waals surface area contributed by atoms with Crippen molar-refractivity contribution in [3.05, 3.63) is 85.0 Å². The van der Waals surface area contributed by atoms with E-state index in [1.807, 2.05) is 13.0 Å². The van der Waals surface area contributed by atoms with Crippen molar-refractivity contribution in [2.75, 3.05) is 0 Å². The first kappa shape index (κ1) is 29.0. The molecule has 0 N–H and O–H groups in total. The Morgan fingerprint density at radius 3 is 1.74 bits per heavy atom. The van der Waals surface area contributed by atoms with Gasteiger partial charge in [-0.2, -0.15) is 0 Å². The van der Waals surface area contributed by atoms with Crippen LogP contribution in [0.15, 0.2) is 85.0 Å². The van der Waals surface area contributed by atoms with Gasteiger partial charge in [-0.3, -0.25) is 4.79 Å². The summed E-state index contributed by atoms with van der Waals surface area (Å²) in [6.45, 7) is 17.4. The molecule has 0 saturated heterocycles. The van der Waals surface area contributed by atoms with E-state index >= 15 is 0 Å². The number of carbonyl (C=O) groups excluding carboxylic acids is 1. The van der Waals surface area contributed by atoms with Crippen LogP contribution in [0, 0.1) is 11.3 Å². The van der Waals surface area contributed by atoms with Crippen molar-refractivity contribution in [1.82, 2.24) is 0 Å². The SMILES string of the molecule is C/C=C\C[C@@H](C/C=C\CC(=O)[C@@H](C)C(C)(C)C)O[Si](c1ccccc1)(c1ccccc1)C(C)(C)C. The van der Waals surface area contributed by atoms with Crippen LogP contribution in [-0.2, 0) is 9.22 Å². The minimum Gasteiger partial charge on any atom is -0.404 e. The zero-order valence-corrected chi connectivity index (χ0v) is 24.2. The summed E-state index contributed by atoms with van der Waals surface area (Å²) in [5.41, 5.74) is -0.00817. The lowest BCUT2D eigenvalue weighted by Gasteiger charge is -2.45. The summed E-state index contributed by atoms with van der Waals surface area (Å²) in [4.78, 5) is 12.6. The van der Waals surface area contributed by atoms with E-state index in [-0.39, 0.29) is 22.5 Å². The van der Waals surface area contributed by atoms with Crippen LogP contribution in [-0.4, -0.2) is 20.2 Å². The second-order valence-corrected chi connectivity index (χ2v) is 15.9. The van der Waals surface area contributed by atoms with Crippen LogP contribution in [0.4, 0.5) is 0 Å². The topological polar surface area (TPSA) is 26.3 Å². The van der Waals surface area contributed by atoms with E-state index in [1.54, 1.807) is 0 Å². The number of rotatable bonds is 11. The zero-order chi connectivity index (χ0) is 26.1. The molecule has 2 aromatic rings. The monoisotopic (exact) mass is 490 g/mol. The van der Waals surface area contributed by atoms with Crippen molar-refractivity contribution >= 4 is 24.5 Å². The fourth-order valence-corrected chi connectivity index (χ4v) is 9.24. The van der Waals surface area contributed by atoms with Crippen LogP contribution in [0.25, 0.3) is 0 Å². The molecule has 2 atom stereocenters. The maximum absolute atomic E-state index is 12.6. The molecule has 0 spiro atoms. The normalized spacial score (nSPS) is 15.0. The lowest BCUT2D eigenvalue weighted by Crippen LogP contribution is -2.67. The second kappa shape index (κ2) is 12.6. The molecule has 0 aliphatic carbocycles.